The average Bonchev–Trinajstić information content (AvgIpc) is 2.78. The van der Waals surface area contributed by atoms with Crippen molar-refractivity contribution in [2.75, 3.05) is 34.7 Å². The van der Waals surface area contributed by atoms with Crippen molar-refractivity contribution < 1.29 is 8.42 Å². The van der Waals surface area contributed by atoms with Gasteiger partial charge in [-0.15, -0.1) is 0 Å². The molecule has 0 unspecified atom stereocenters. The molecule has 0 aliphatic heterocycles. The van der Waals surface area contributed by atoms with Crippen molar-refractivity contribution in [2.45, 2.75) is 24.2 Å². The van der Waals surface area contributed by atoms with Crippen molar-refractivity contribution in [1.82, 2.24) is 9.21 Å². The van der Waals surface area contributed by atoms with E-state index in [0.717, 1.165) is 36.9 Å². The Bertz CT molecular complexity index is 960. The first-order valence-corrected chi connectivity index (χ1v) is 10.7. The molecule has 0 bridgehead atoms. The van der Waals surface area contributed by atoms with Crippen LogP contribution in [0.25, 0.3) is 5.57 Å². The van der Waals surface area contributed by atoms with Crippen molar-refractivity contribution in [1.29, 1.82) is 0 Å². The van der Waals surface area contributed by atoms with Crippen LogP contribution in [0.4, 0.5) is 0 Å². The molecule has 0 aromatic heterocycles. The van der Waals surface area contributed by atoms with Gasteiger partial charge in [0.25, 0.3) is 0 Å². The second-order valence-corrected chi connectivity index (χ2v) is 9.63. The third-order valence-electron chi connectivity index (χ3n) is 5.05. The minimum absolute atomic E-state index is 0.351. The number of hydrogen-bond acceptors (Lipinski definition) is 3. The van der Waals surface area contributed by atoms with E-state index in [2.05, 4.69) is 49.3 Å². The molecule has 144 valence electrons. The first-order chi connectivity index (χ1) is 12.8. The molecule has 0 N–H and O–H groups in total. The summed E-state index contributed by atoms with van der Waals surface area (Å²) in [5.74, 6) is 0. The zero-order valence-corrected chi connectivity index (χ0v) is 17.4. The highest BCUT2D eigenvalue weighted by Crippen LogP contribution is 2.35. The van der Waals surface area contributed by atoms with Crippen LogP contribution in [-0.4, -0.2) is 52.4 Å². The average molecular weight is 385 g/mol. The molecular weight excluding hydrogens is 356 g/mol. The van der Waals surface area contributed by atoms with Crippen LogP contribution in [0.15, 0.2) is 53.4 Å². The van der Waals surface area contributed by atoms with E-state index in [1.165, 1.54) is 21.0 Å². The van der Waals surface area contributed by atoms with Gasteiger partial charge in [-0.3, -0.25) is 0 Å². The van der Waals surface area contributed by atoms with E-state index in [1.54, 1.807) is 20.2 Å². The number of benzene rings is 2. The molecule has 2 aromatic carbocycles. The van der Waals surface area contributed by atoms with E-state index in [1.807, 2.05) is 12.1 Å². The molecule has 4 nitrogen and oxygen atoms in total. The number of rotatable bonds is 5. The molecule has 0 spiro atoms. The van der Waals surface area contributed by atoms with Crippen LogP contribution in [-0.2, 0) is 22.9 Å². The van der Waals surface area contributed by atoms with Crippen molar-refractivity contribution in [3.63, 3.8) is 0 Å². The molecule has 3 rings (SSSR count). The highest BCUT2D eigenvalue weighted by Gasteiger charge is 2.22. The Hall–Kier alpha value is -1.95. The summed E-state index contributed by atoms with van der Waals surface area (Å²) < 4.78 is 26.6. The van der Waals surface area contributed by atoms with Gasteiger partial charge in [0.15, 0.2) is 0 Å². The molecule has 0 radical (unpaired) electrons. The van der Waals surface area contributed by atoms with Crippen LogP contribution in [0, 0.1) is 0 Å². The third kappa shape index (κ3) is 4.15. The van der Waals surface area contributed by atoms with Crippen molar-refractivity contribution in [3.8, 4) is 0 Å². The summed E-state index contributed by atoms with van der Waals surface area (Å²) in [6, 6.07) is 14.0. The van der Waals surface area contributed by atoms with Crippen LogP contribution in [0.5, 0.6) is 0 Å². The van der Waals surface area contributed by atoms with Crippen LogP contribution in [0.1, 0.15) is 28.7 Å². The van der Waals surface area contributed by atoms with Crippen molar-refractivity contribution >= 4 is 15.6 Å². The molecule has 0 fully saturated rings. The third-order valence-corrected chi connectivity index (χ3v) is 6.86. The maximum Gasteiger partial charge on any atom is 0.242 e. The van der Waals surface area contributed by atoms with E-state index >= 15 is 0 Å². The normalized spacial score (nSPS) is 15.7. The molecule has 0 saturated carbocycles. The highest BCUT2D eigenvalue weighted by molar-refractivity contribution is 7.89. The Morgan fingerprint density at radius 2 is 1.59 bits per heavy atom. The fraction of sp³-hybridized carbons (Fsp3) is 0.364. The molecule has 2 aromatic rings. The van der Waals surface area contributed by atoms with Gasteiger partial charge >= 0.3 is 0 Å². The number of sulfonamides is 1. The standard InChI is InChI=1S/C22H28N2O2S/c1-23(2)15-7-10-21-20-9-6-5-8-17(20)11-12-18-13-14-19(16-22(18)21)27(25,26)24(3)4/h5-6,8-10,13-14,16H,7,11-12,15H2,1-4H3. The summed E-state index contributed by atoms with van der Waals surface area (Å²) >= 11 is 0. The van der Waals surface area contributed by atoms with Gasteiger partial charge in [-0.1, -0.05) is 36.4 Å². The van der Waals surface area contributed by atoms with Gasteiger partial charge in [0.2, 0.25) is 10.0 Å². The lowest BCUT2D eigenvalue weighted by atomic mass is 9.93. The molecule has 1 aliphatic carbocycles. The van der Waals surface area contributed by atoms with Crippen molar-refractivity contribution in [2.24, 2.45) is 0 Å². The van der Waals surface area contributed by atoms with E-state index in [-0.39, 0.29) is 0 Å². The Morgan fingerprint density at radius 3 is 2.26 bits per heavy atom. The molecule has 0 atom stereocenters. The second-order valence-electron chi connectivity index (χ2n) is 7.47. The number of aryl methyl sites for hydroxylation is 2. The highest BCUT2D eigenvalue weighted by atomic mass is 32.2. The smallest absolute Gasteiger partial charge is 0.242 e. The summed E-state index contributed by atoms with van der Waals surface area (Å²) in [4.78, 5) is 2.51. The molecule has 1 aliphatic rings. The fourth-order valence-corrected chi connectivity index (χ4v) is 4.43. The predicted molar refractivity (Wildman–Crippen MR) is 111 cm³/mol. The topological polar surface area (TPSA) is 40.6 Å². The zero-order chi connectivity index (χ0) is 19.6. The van der Waals surface area contributed by atoms with Crippen LogP contribution in [0.3, 0.4) is 0 Å². The largest absolute Gasteiger partial charge is 0.309 e. The summed E-state index contributed by atoms with van der Waals surface area (Å²) in [6.45, 7) is 0.955. The SMILES string of the molecule is CN(C)CCC=C1c2ccccc2CCc2ccc(S(=O)(=O)N(C)C)cc21. The summed E-state index contributed by atoms with van der Waals surface area (Å²) in [6.07, 6.45) is 5.06. The van der Waals surface area contributed by atoms with Gasteiger partial charge in [0, 0.05) is 20.6 Å². The van der Waals surface area contributed by atoms with Crippen LogP contribution >= 0.6 is 0 Å². The van der Waals surface area contributed by atoms with E-state index in [0.29, 0.717) is 4.90 Å². The lowest BCUT2D eigenvalue weighted by molar-refractivity contribution is 0.417. The number of fused-ring (bicyclic) bond motifs is 2. The van der Waals surface area contributed by atoms with Gasteiger partial charge in [-0.05, 0) is 73.3 Å². The second kappa shape index (κ2) is 7.97. The fourth-order valence-electron chi connectivity index (χ4n) is 3.50. The lowest BCUT2D eigenvalue weighted by Crippen LogP contribution is -2.22. The first-order valence-electron chi connectivity index (χ1n) is 9.29. The van der Waals surface area contributed by atoms with Gasteiger partial charge < -0.3 is 4.90 Å². The van der Waals surface area contributed by atoms with Crippen molar-refractivity contribution in [3.05, 3.63) is 70.8 Å². The first kappa shape index (κ1) is 19.8. The Balaban J connectivity index is 2.16. The molecule has 0 heterocycles. The lowest BCUT2D eigenvalue weighted by Gasteiger charge is -2.16. The van der Waals surface area contributed by atoms with E-state index in [4.69, 9.17) is 0 Å². The zero-order valence-electron chi connectivity index (χ0n) is 16.6. The summed E-state index contributed by atoms with van der Waals surface area (Å²) in [7, 11) is 3.82. The number of hydrogen-bond donors (Lipinski definition) is 0. The minimum Gasteiger partial charge on any atom is -0.309 e. The quantitative estimate of drug-likeness (QED) is 0.793. The van der Waals surface area contributed by atoms with Gasteiger partial charge in [0.1, 0.15) is 0 Å². The molecule has 27 heavy (non-hydrogen) atoms. The molecule has 5 heteroatoms. The molecular formula is C22H28N2O2S. The maximum absolute atomic E-state index is 12.7. The van der Waals surface area contributed by atoms with Crippen LogP contribution < -0.4 is 0 Å². The molecule has 0 amide bonds. The predicted octanol–water partition coefficient (Wildman–Crippen LogP) is 3.42. The van der Waals surface area contributed by atoms with Gasteiger partial charge in [-0.2, -0.15) is 0 Å². The van der Waals surface area contributed by atoms with Gasteiger partial charge in [0.05, 0.1) is 4.90 Å². The van der Waals surface area contributed by atoms with E-state index in [9.17, 15) is 8.42 Å². The van der Waals surface area contributed by atoms with Crippen LogP contribution in [0.2, 0.25) is 0 Å². The van der Waals surface area contributed by atoms with Gasteiger partial charge in [-0.25, -0.2) is 12.7 Å². The van der Waals surface area contributed by atoms with E-state index < -0.39 is 10.0 Å². The Morgan fingerprint density at radius 1 is 0.926 bits per heavy atom. The Labute approximate surface area is 163 Å². The minimum atomic E-state index is -3.46. The monoisotopic (exact) mass is 384 g/mol. The number of nitrogens with zero attached hydrogens (tertiary/aromatic N) is 2. The summed E-state index contributed by atoms with van der Waals surface area (Å²) in [5, 5.41) is 0. The maximum atomic E-state index is 12.7. The molecule has 0 saturated heterocycles. The Kier molecular flexibility index (Phi) is 5.84. The summed E-state index contributed by atoms with van der Waals surface area (Å²) in [5.41, 5.74) is 5.94.